The molecule has 0 aromatic heterocycles. The van der Waals surface area contributed by atoms with Crippen molar-refractivity contribution in [3.05, 3.63) is 58.7 Å². The molecule has 2 unspecified atom stereocenters. The summed E-state index contributed by atoms with van der Waals surface area (Å²) in [7, 11) is 0. The molecule has 0 bridgehead atoms. The zero-order valence-electron chi connectivity index (χ0n) is 20.9. The molecule has 0 radical (unpaired) electrons. The molecule has 2 aromatic carbocycles. The summed E-state index contributed by atoms with van der Waals surface area (Å²) >= 11 is 0. The molecule has 37 heavy (non-hydrogen) atoms. The first-order valence-corrected chi connectivity index (χ1v) is 12.9. The summed E-state index contributed by atoms with van der Waals surface area (Å²) in [5.41, 5.74) is 2.83. The number of rotatable bonds is 9. The Balaban J connectivity index is 1.36. The maximum absolute atomic E-state index is 13.6. The number of carbonyl (C=O) groups excluding carboxylic acids is 2. The van der Waals surface area contributed by atoms with Gasteiger partial charge in [-0.15, -0.1) is 0 Å². The Morgan fingerprint density at radius 1 is 1.19 bits per heavy atom. The average Bonchev–Trinajstić information content (AvgIpc) is 3.81. The van der Waals surface area contributed by atoms with Crippen LogP contribution in [-0.4, -0.2) is 36.0 Å². The minimum absolute atomic E-state index is 0.0313. The number of aliphatic carboxylic acids is 1. The molecule has 1 spiro atoms. The topological polar surface area (TPSA) is 129 Å². The zero-order valence-corrected chi connectivity index (χ0v) is 20.9. The predicted octanol–water partition coefficient (Wildman–Crippen LogP) is 4.03. The maximum Gasteiger partial charge on any atom is 0.303 e. The molecule has 2 aromatic rings. The van der Waals surface area contributed by atoms with Crippen LogP contribution in [0.3, 0.4) is 0 Å². The summed E-state index contributed by atoms with van der Waals surface area (Å²) in [6.07, 6.45) is 3.95. The van der Waals surface area contributed by atoms with Gasteiger partial charge < -0.3 is 20.5 Å². The smallest absolute Gasteiger partial charge is 0.303 e. The lowest BCUT2D eigenvalue weighted by Crippen LogP contribution is -2.29. The number of carboxylic acids is 1. The maximum atomic E-state index is 13.6. The molecule has 192 valence electrons. The first-order valence-electron chi connectivity index (χ1n) is 12.9. The van der Waals surface area contributed by atoms with Gasteiger partial charge in [-0.1, -0.05) is 13.0 Å². The van der Waals surface area contributed by atoms with Crippen molar-refractivity contribution in [2.24, 2.45) is 17.8 Å². The Labute approximate surface area is 216 Å². The second-order valence-corrected chi connectivity index (χ2v) is 10.5. The molecule has 2 aliphatic carbocycles. The Bertz CT molecular complexity index is 1290. The third kappa shape index (κ3) is 4.91. The van der Waals surface area contributed by atoms with Crippen LogP contribution in [0.15, 0.2) is 36.4 Å². The third-order valence-electron chi connectivity index (χ3n) is 8.14. The summed E-state index contributed by atoms with van der Waals surface area (Å²) in [5, 5.41) is 24.4. The van der Waals surface area contributed by atoms with Crippen LogP contribution in [0.4, 0.5) is 5.69 Å². The molecule has 5 rings (SSSR count). The third-order valence-corrected chi connectivity index (χ3v) is 8.14. The lowest BCUT2D eigenvalue weighted by atomic mass is 9.85. The van der Waals surface area contributed by atoms with Crippen molar-refractivity contribution in [3.8, 4) is 11.8 Å². The lowest BCUT2D eigenvalue weighted by molar-refractivity contribution is -0.137. The van der Waals surface area contributed by atoms with Gasteiger partial charge in [-0.2, -0.15) is 5.26 Å². The first kappa shape index (κ1) is 24.8. The number of carboxylic acid groups (broad SMARTS) is 1. The first-order chi connectivity index (χ1) is 17.8. The standard InChI is InChI=1S/C29H31N3O5/c1-17-26(28(36)32-23-13-19(15-30)7-8-20(23)3-2-4-25(33)34)29(17)11-12-37-24-10-9-21(14-22(24)29)27(35)31-16-18-5-6-18/h7-10,13-14,17-18,26H,2-6,11-12,16H2,1H3,(H,31,35)(H,32,36)(H,33,34)/t17?,26?,29-/m0/s1. The number of benzene rings is 2. The SMILES string of the molecule is CC1C(C(=O)Nc2cc(C#N)ccc2CCCC(=O)O)[C@@]12CCOc1ccc(C(=O)NCC3CC3)cc12. The molecule has 8 heteroatoms. The summed E-state index contributed by atoms with van der Waals surface area (Å²) in [5.74, 6) is -0.0734. The highest BCUT2D eigenvalue weighted by molar-refractivity contribution is 5.98. The molecule has 3 aliphatic rings. The number of ether oxygens (including phenoxy) is 1. The van der Waals surface area contributed by atoms with Gasteiger partial charge in [-0.25, -0.2) is 0 Å². The molecule has 3 atom stereocenters. The fourth-order valence-corrected chi connectivity index (χ4v) is 5.79. The average molecular weight is 502 g/mol. The van der Waals surface area contributed by atoms with Gasteiger partial charge in [0, 0.05) is 35.2 Å². The molecule has 2 amide bonds. The van der Waals surface area contributed by atoms with Crippen LogP contribution in [0.2, 0.25) is 0 Å². The van der Waals surface area contributed by atoms with E-state index in [4.69, 9.17) is 9.84 Å². The molecule has 1 heterocycles. The molecular formula is C29H31N3O5. The van der Waals surface area contributed by atoms with Crippen molar-refractivity contribution in [3.63, 3.8) is 0 Å². The minimum Gasteiger partial charge on any atom is -0.493 e. The van der Waals surface area contributed by atoms with Gasteiger partial charge in [-0.3, -0.25) is 14.4 Å². The van der Waals surface area contributed by atoms with E-state index in [9.17, 15) is 19.6 Å². The second kappa shape index (κ2) is 9.89. The van der Waals surface area contributed by atoms with Gasteiger partial charge in [0.1, 0.15) is 5.75 Å². The number of nitrogens with one attached hydrogen (secondary N) is 2. The highest BCUT2D eigenvalue weighted by Crippen LogP contribution is 2.65. The fraction of sp³-hybridized carbons (Fsp3) is 0.448. The number of aryl methyl sites for hydroxylation is 1. The van der Waals surface area contributed by atoms with Crippen LogP contribution in [-0.2, 0) is 21.4 Å². The van der Waals surface area contributed by atoms with E-state index in [1.54, 1.807) is 24.3 Å². The Morgan fingerprint density at radius 2 is 2.00 bits per heavy atom. The number of anilines is 1. The van der Waals surface area contributed by atoms with E-state index in [1.165, 1.54) is 0 Å². The van der Waals surface area contributed by atoms with Gasteiger partial charge in [0.05, 0.1) is 24.2 Å². The number of hydrogen-bond acceptors (Lipinski definition) is 5. The summed E-state index contributed by atoms with van der Waals surface area (Å²) in [6.45, 7) is 3.24. The molecule has 8 nitrogen and oxygen atoms in total. The van der Waals surface area contributed by atoms with Crippen molar-refractivity contribution in [1.82, 2.24) is 5.32 Å². The van der Waals surface area contributed by atoms with E-state index in [0.717, 1.165) is 24.0 Å². The molecule has 2 saturated carbocycles. The Kier molecular flexibility index (Phi) is 6.63. The molecular weight excluding hydrogens is 470 g/mol. The second-order valence-electron chi connectivity index (χ2n) is 10.5. The monoisotopic (exact) mass is 501 g/mol. The van der Waals surface area contributed by atoms with Gasteiger partial charge in [-0.05, 0) is 79.8 Å². The lowest BCUT2D eigenvalue weighted by Gasteiger charge is -2.28. The van der Waals surface area contributed by atoms with Crippen LogP contribution in [0.1, 0.15) is 66.1 Å². The fourth-order valence-electron chi connectivity index (χ4n) is 5.79. The highest BCUT2D eigenvalue weighted by atomic mass is 16.5. The number of amides is 2. The van der Waals surface area contributed by atoms with Gasteiger partial charge in [0.25, 0.3) is 5.91 Å². The molecule has 1 aliphatic heterocycles. The summed E-state index contributed by atoms with van der Waals surface area (Å²) < 4.78 is 5.90. The summed E-state index contributed by atoms with van der Waals surface area (Å²) in [4.78, 5) is 37.3. The van der Waals surface area contributed by atoms with E-state index in [0.29, 0.717) is 60.9 Å². The van der Waals surface area contributed by atoms with E-state index in [1.807, 2.05) is 12.1 Å². The number of nitrogens with zero attached hydrogens (tertiary/aromatic N) is 1. The number of nitriles is 1. The minimum atomic E-state index is -0.869. The number of hydrogen-bond donors (Lipinski definition) is 3. The van der Waals surface area contributed by atoms with Crippen molar-refractivity contribution in [2.45, 2.75) is 50.9 Å². The largest absolute Gasteiger partial charge is 0.493 e. The van der Waals surface area contributed by atoms with Crippen LogP contribution in [0.25, 0.3) is 0 Å². The predicted molar refractivity (Wildman–Crippen MR) is 136 cm³/mol. The Hall–Kier alpha value is -3.86. The van der Waals surface area contributed by atoms with Crippen molar-refractivity contribution in [1.29, 1.82) is 5.26 Å². The van der Waals surface area contributed by atoms with Crippen LogP contribution >= 0.6 is 0 Å². The van der Waals surface area contributed by atoms with Crippen LogP contribution in [0, 0.1) is 29.1 Å². The van der Waals surface area contributed by atoms with Crippen LogP contribution < -0.4 is 15.4 Å². The van der Waals surface area contributed by atoms with Gasteiger partial charge in [0.15, 0.2) is 0 Å². The van der Waals surface area contributed by atoms with Crippen molar-refractivity contribution >= 4 is 23.5 Å². The zero-order chi connectivity index (χ0) is 26.2. The van der Waals surface area contributed by atoms with E-state index < -0.39 is 11.4 Å². The summed E-state index contributed by atoms with van der Waals surface area (Å²) in [6, 6.07) is 12.7. The Morgan fingerprint density at radius 3 is 2.73 bits per heavy atom. The van der Waals surface area contributed by atoms with E-state index in [2.05, 4.69) is 23.6 Å². The highest BCUT2D eigenvalue weighted by Gasteiger charge is 2.67. The van der Waals surface area contributed by atoms with Crippen LogP contribution in [0.5, 0.6) is 5.75 Å². The van der Waals surface area contributed by atoms with Crippen molar-refractivity contribution < 1.29 is 24.2 Å². The van der Waals surface area contributed by atoms with E-state index in [-0.39, 0.29) is 30.1 Å². The molecule has 3 N–H and O–H groups in total. The van der Waals surface area contributed by atoms with Crippen molar-refractivity contribution in [2.75, 3.05) is 18.5 Å². The number of carbonyl (C=O) groups is 3. The molecule has 0 saturated heterocycles. The van der Waals surface area contributed by atoms with Gasteiger partial charge in [0.2, 0.25) is 5.91 Å². The molecule has 2 fully saturated rings. The van der Waals surface area contributed by atoms with E-state index >= 15 is 0 Å². The van der Waals surface area contributed by atoms with Gasteiger partial charge >= 0.3 is 5.97 Å². The number of fused-ring (bicyclic) bond motifs is 2. The normalized spacial score (nSPS) is 23.4. The quantitative estimate of drug-likeness (QED) is 0.476.